The maximum Gasteiger partial charge on any atom is 0.194 e. The third-order valence-electron chi connectivity index (χ3n) is 2.85. The molecule has 3 nitrogen and oxygen atoms in total. The number of hydrogen-bond donors (Lipinski definition) is 2. The van der Waals surface area contributed by atoms with E-state index < -0.39 is 0 Å². The van der Waals surface area contributed by atoms with Crippen molar-refractivity contribution in [3.63, 3.8) is 0 Å². The lowest BCUT2D eigenvalue weighted by atomic mass is 9.88. The molecule has 0 radical (unpaired) electrons. The Kier molecular flexibility index (Phi) is 5.00. The van der Waals surface area contributed by atoms with Crippen molar-refractivity contribution in [1.29, 1.82) is 0 Å². The van der Waals surface area contributed by atoms with Crippen LogP contribution in [0.15, 0.2) is 29.3 Å². The Hall–Kier alpha value is -1.95. The quantitative estimate of drug-likeness (QED) is 0.497. The van der Waals surface area contributed by atoms with Crippen molar-refractivity contribution in [2.45, 2.75) is 40.2 Å². The van der Waals surface area contributed by atoms with Crippen LogP contribution in [0.5, 0.6) is 0 Å². The summed E-state index contributed by atoms with van der Waals surface area (Å²) in [6.45, 7) is 8.26. The van der Waals surface area contributed by atoms with Crippen LogP contribution in [0.4, 0.5) is 5.69 Å². The van der Waals surface area contributed by atoms with Crippen molar-refractivity contribution >= 4 is 11.6 Å². The first-order chi connectivity index (χ1) is 8.86. The van der Waals surface area contributed by atoms with Crippen LogP contribution in [0.1, 0.15) is 33.3 Å². The second-order valence-corrected chi connectivity index (χ2v) is 5.63. The van der Waals surface area contributed by atoms with Crippen molar-refractivity contribution < 1.29 is 0 Å². The molecule has 0 aromatic heterocycles. The van der Waals surface area contributed by atoms with Crippen LogP contribution in [-0.2, 0) is 6.42 Å². The van der Waals surface area contributed by atoms with Gasteiger partial charge in [0.15, 0.2) is 5.96 Å². The second kappa shape index (κ2) is 6.29. The summed E-state index contributed by atoms with van der Waals surface area (Å²) in [7, 11) is 0. The molecule has 1 atom stereocenters. The van der Waals surface area contributed by atoms with Crippen molar-refractivity contribution in [3.8, 4) is 12.3 Å². The molecule has 0 saturated carbocycles. The number of nitrogens with zero attached hydrogens (tertiary/aromatic N) is 1. The van der Waals surface area contributed by atoms with Gasteiger partial charge in [-0.15, -0.1) is 6.42 Å². The molecule has 0 spiro atoms. The third-order valence-corrected chi connectivity index (χ3v) is 2.85. The molecule has 1 aromatic rings. The van der Waals surface area contributed by atoms with E-state index >= 15 is 0 Å². The summed E-state index contributed by atoms with van der Waals surface area (Å²) in [6.07, 6.45) is 6.49. The average molecular weight is 257 g/mol. The lowest BCUT2D eigenvalue weighted by Gasteiger charge is -2.23. The number of aryl methyl sites for hydroxylation is 1. The maximum absolute atomic E-state index is 5.91. The SMILES string of the molecule is C#CC(N=C(N)Nc1cccc(CC)c1)C(C)(C)C. The van der Waals surface area contributed by atoms with Crippen molar-refractivity contribution in [3.05, 3.63) is 29.8 Å². The zero-order valence-electron chi connectivity index (χ0n) is 12.2. The Balaban J connectivity index is 2.84. The Morgan fingerprint density at radius 3 is 2.68 bits per heavy atom. The standard InChI is InChI=1S/C16H23N3/c1-6-12-9-8-10-13(11-12)18-15(17)19-14(7-2)16(3,4)5/h2,8-11,14H,6H2,1,3-5H3,(H3,17,18,19). The number of rotatable bonds is 3. The van der Waals surface area contributed by atoms with Gasteiger partial charge in [0.05, 0.1) is 0 Å². The van der Waals surface area contributed by atoms with Crippen LogP contribution in [0, 0.1) is 17.8 Å². The summed E-state index contributed by atoms with van der Waals surface area (Å²) in [5, 5.41) is 3.09. The van der Waals surface area contributed by atoms with Gasteiger partial charge in [0, 0.05) is 5.69 Å². The predicted molar refractivity (Wildman–Crippen MR) is 83.1 cm³/mol. The Morgan fingerprint density at radius 1 is 1.47 bits per heavy atom. The average Bonchev–Trinajstić information content (AvgIpc) is 2.34. The van der Waals surface area contributed by atoms with E-state index in [1.807, 2.05) is 32.9 Å². The van der Waals surface area contributed by atoms with Crippen LogP contribution in [0.2, 0.25) is 0 Å². The van der Waals surface area contributed by atoms with E-state index in [9.17, 15) is 0 Å². The maximum atomic E-state index is 5.91. The van der Waals surface area contributed by atoms with Gasteiger partial charge in [-0.2, -0.15) is 0 Å². The third kappa shape index (κ3) is 4.67. The molecular formula is C16H23N3. The van der Waals surface area contributed by atoms with E-state index in [1.54, 1.807) is 0 Å². The molecule has 0 amide bonds. The van der Waals surface area contributed by atoms with Crippen LogP contribution < -0.4 is 11.1 Å². The first kappa shape index (κ1) is 15.1. The summed E-state index contributed by atoms with van der Waals surface area (Å²) in [4.78, 5) is 4.36. The molecule has 0 saturated heterocycles. The van der Waals surface area contributed by atoms with Crippen molar-refractivity contribution in [2.24, 2.45) is 16.1 Å². The fourth-order valence-electron chi connectivity index (χ4n) is 1.67. The van der Waals surface area contributed by atoms with Crippen LogP contribution in [-0.4, -0.2) is 12.0 Å². The lowest BCUT2D eigenvalue weighted by molar-refractivity contribution is 0.376. The molecule has 0 aliphatic carbocycles. The van der Waals surface area contributed by atoms with Gasteiger partial charge in [-0.1, -0.05) is 45.7 Å². The number of guanidine groups is 1. The van der Waals surface area contributed by atoms with E-state index in [0.717, 1.165) is 12.1 Å². The van der Waals surface area contributed by atoms with Crippen molar-refractivity contribution in [1.82, 2.24) is 0 Å². The molecule has 3 N–H and O–H groups in total. The molecule has 1 aromatic carbocycles. The molecule has 0 bridgehead atoms. The van der Waals surface area contributed by atoms with Gasteiger partial charge in [0.2, 0.25) is 0 Å². The van der Waals surface area contributed by atoms with Crippen LogP contribution in [0.3, 0.4) is 0 Å². The normalized spacial score (nSPS) is 13.7. The van der Waals surface area contributed by atoms with Crippen LogP contribution in [0.25, 0.3) is 0 Å². The molecular weight excluding hydrogens is 234 g/mol. The van der Waals surface area contributed by atoms with Gasteiger partial charge in [-0.05, 0) is 29.5 Å². The smallest absolute Gasteiger partial charge is 0.194 e. The van der Waals surface area contributed by atoms with Gasteiger partial charge in [-0.3, -0.25) is 0 Å². The van der Waals surface area contributed by atoms with Crippen molar-refractivity contribution in [2.75, 3.05) is 5.32 Å². The largest absolute Gasteiger partial charge is 0.370 e. The van der Waals surface area contributed by atoms with Gasteiger partial charge < -0.3 is 11.1 Å². The Bertz CT molecular complexity index is 489. The van der Waals surface area contributed by atoms with Gasteiger partial charge in [-0.25, -0.2) is 4.99 Å². The molecule has 0 aliphatic rings. The second-order valence-electron chi connectivity index (χ2n) is 5.63. The number of terminal acetylenes is 1. The molecule has 3 heteroatoms. The minimum absolute atomic E-state index is 0.105. The van der Waals surface area contributed by atoms with E-state index in [0.29, 0.717) is 5.96 Å². The van der Waals surface area contributed by atoms with Gasteiger partial charge in [0.1, 0.15) is 6.04 Å². The molecule has 1 rings (SSSR count). The predicted octanol–water partition coefficient (Wildman–Crippen LogP) is 3.02. The first-order valence-corrected chi connectivity index (χ1v) is 6.52. The topological polar surface area (TPSA) is 50.4 Å². The molecule has 0 fully saturated rings. The Labute approximate surface area is 116 Å². The highest BCUT2D eigenvalue weighted by Crippen LogP contribution is 2.21. The number of hydrogen-bond acceptors (Lipinski definition) is 1. The number of nitrogens with one attached hydrogen (secondary N) is 1. The zero-order chi connectivity index (χ0) is 14.5. The summed E-state index contributed by atoms with van der Waals surface area (Å²) in [5.41, 5.74) is 8.00. The highest BCUT2D eigenvalue weighted by Gasteiger charge is 2.22. The highest BCUT2D eigenvalue weighted by atomic mass is 15.1. The summed E-state index contributed by atoms with van der Waals surface area (Å²) in [6, 6.07) is 7.86. The molecule has 0 heterocycles. The van der Waals surface area contributed by atoms with Gasteiger partial charge >= 0.3 is 0 Å². The molecule has 0 aliphatic heterocycles. The minimum atomic E-state index is -0.241. The van der Waals surface area contributed by atoms with E-state index in [4.69, 9.17) is 12.2 Å². The summed E-state index contributed by atoms with van der Waals surface area (Å²) < 4.78 is 0. The fourth-order valence-corrected chi connectivity index (χ4v) is 1.67. The minimum Gasteiger partial charge on any atom is -0.370 e. The Morgan fingerprint density at radius 2 is 2.16 bits per heavy atom. The molecule has 1 unspecified atom stereocenters. The first-order valence-electron chi connectivity index (χ1n) is 6.52. The van der Waals surface area contributed by atoms with Gasteiger partial charge in [0.25, 0.3) is 0 Å². The molecule has 102 valence electrons. The number of nitrogens with two attached hydrogens (primary N) is 1. The fraction of sp³-hybridized carbons (Fsp3) is 0.438. The van der Waals surface area contributed by atoms with Crippen LogP contribution >= 0.6 is 0 Å². The zero-order valence-corrected chi connectivity index (χ0v) is 12.2. The number of anilines is 1. The molecule has 19 heavy (non-hydrogen) atoms. The highest BCUT2D eigenvalue weighted by molar-refractivity contribution is 5.92. The number of aliphatic imine (C=N–C) groups is 1. The van der Waals surface area contributed by atoms with E-state index in [2.05, 4.69) is 35.3 Å². The summed E-state index contributed by atoms with van der Waals surface area (Å²) in [5.74, 6) is 3.03. The number of benzene rings is 1. The van der Waals surface area contributed by atoms with E-state index in [-0.39, 0.29) is 11.5 Å². The lowest BCUT2D eigenvalue weighted by Crippen LogP contribution is -2.30. The monoisotopic (exact) mass is 257 g/mol. The summed E-state index contributed by atoms with van der Waals surface area (Å²) >= 11 is 0. The van der Waals surface area contributed by atoms with E-state index in [1.165, 1.54) is 5.56 Å².